The summed E-state index contributed by atoms with van der Waals surface area (Å²) in [7, 11) is 5.66. The number of aryl methyl sites for hydroxylation is 1. The van der Waals surface area contributed by atoms with Crippen LogP contribution in [0.2, 0.25) is 0 Å². The summed E-state index contributed by atoms with van der Waals surface area (Å²) in [6.45, 7) is 1.40. The first-order valence-electron chi connectivity index (χ1n) is 9.01. The highest BCUT2D eigenvalue weighted by Crippen LogP contribution is 2.34. The van der Waals surface area contributed by atoms with Gasteiger partial charge in [0.2, 0.25) is 5.91 Å². The van der Waals surface area contributed by atoms with Crippen LogP contribution in [0.4, 0.5) is 5.13 Å². The minimum absolute atomic E-state index is 0. The van der Waals surface area contributed by atoms with Gasteiger partial charge >= 0.3 is 0 Å². The lowest BCUT2D eigenvalue weighted by molar-refractivity contribution is -0.118. The van der Waals surface area contributed by atoms with Crippen molar-refractivity contribution < 1.29 is 9.53 Å². The van der Waals surface area contributed by atoms with Crippen LogP contribution in [0.1, 0.15) is 12.0 Å². The van der Waals surface area contributed by atoms with Gasteiger partial charge in [-0.2, -0.15) is 0 Å². The van der Waals surface area contributed by atoms with E-state index in [1.165, 1.54) is 16.9 Å². The highest BCUT2D eigenvalue weighted by molar-refractivity contribution is 7.22. The van der Waals surface area contributed by atoms with Crippen molar-refractivity contribution in [1.82, 2.24) is 9.88 Å². The molecule has 28 heavy (non-hydrogen) atoms. The summed E-state index contributed by atoms with van der Waals surface area (Å²) in [6, 6.07) is 16.0. The van der Waals surface area contributed by atoms with Crippen LogP contribution >= 0.6 is 23.7 Å². The maximum atomic E-state index is 13.0. The smallest absolute Gasteiger partial charge is 0.229 e. The van der Waals surface area contributed by atoms with Gasteiger partial charge in [0.1, 0.15) is 11.3 Å². The van der Waals surface area contributed by atoms with Crippen LogP contribution in [0, 0.1) is 0 Å². The largest absolute Gasteiger partial charge is 0.494 e. The standard InChI is InChI=1S/C21H25N3O2S.ClH/c1-23(2)14-15-24(19(25)13-12-16-8-5-4-6-9-16)21-22-20-17(26-3)10-7-11-18(20)27-21;/h4-11H,12-15H2,1-3H3;1H. The highest BCUT2D eigenvalue weighted by Gasteiger charge is 2.20. The third-order valence-corrected chi connectivity index (χ3v) is 5.41. The van der Waals surface area contributed by atoms with Crippen molar-refractivity contribution in [2.75, 3.05) is 39.2 Å². The number of benzene rings is 2. The van der Waals surface area contributed by atoms with Gasteiger partial charge in [0.15, 0.2) is 5.13 Å². The summed E-state index contributed by atoms with van der Waals surface area (Å²) >= 11 is 1.53. The zero-order chi connectivity index (χ0) is 19.2. The van der Waals surface area contributed by atoms with Gasteiger partial charge in [0.25, 0.3) is 0 Å². The van der Waals surface area contributed by atoms with Crippen molar-refractivity contribution in [2.24, 2.45) is 0 Å². The van der Waals surface area contributed by atoms with Gasteiger partial charge in [0.05, 0.1) is 11.8 Å². The topological polar surface area (TPSA) is 45.7 Å². The lowest BCUT2D eigenvalue weighted by Gasteiger charge is -2.22. The Morgan fingerprint density at radius 2 is 1.82 bits per heavy atom. The molecule has 0 unspecified atom stereocenters. The second kappa shape index (κ2) is 10.4. The van der Waals surface area contributed by atoms with Gasteiger partial charge in [0, 0.05) is 19.5 Å². The number of carbonyl (C=O) groups is 1. The van der Waals surface area contributed by atoms with E-state index in [1.807, 2.05) is 55.4 Å². The molecular weight excluding hydrogens is 394 g/mol. The number of nitrogens with zero attached hydrogens (tertiary/aromatic N) is 3. The SMILES string of the molecule is COc1cccc2sc(N(CCN(C)C)C(=O)CCc3ccccc3)nc12.Cl. The second-order valence-corrected chi connectivity index (χ2v) is 7.65. The van der Waals surface area contributed by atoms with Crippen LogP contribution in [0.15, 0.2) is 48.5 Å². The zero-order valence-corrected chi connectivity index (χ0v) is 18.1. The van der Waals surface area contributed by atoms with Crippen LogP contribution in [-0.2, 0) is 11.2 Å². The number of anilines is 1. The molecule has 1 amide bonds. The molecule has 3 aromatic rings. The number of amides is 1. The monoisotopic (exact) mass is 419 g/mol. The molecule has 0 saturated heterocycles. The number of rotatable bonds is 8. The number of aromatic nitrogens is 1. The van der Waals surface area contributed by atoms with Crippen LogP contribution in [-0.4, -0.2) is 50.1 Å². The third kappa shape index (κ3) is 5.44. The van der Waals surface area contributed by atoms with Crippen LogP contribution in [0.25, 0.3) is 10.2 Å². The molecule has 1 aromatic heterocycles. The molecule has 0 atom stereocenters. The first kappa shape index (κ1) is 22.1. The summed E-state index contributed by atoms with van der Waals surface area (Å²) in [5.74, 6) is 0.832. The summed E-state index contributed by atoms with van der Waals surface area (Å²) in [5, 5.41) is 0.731. The molecule has 0 N–H and O–H groups in total. The molecule has 2 aromatic carbocycles. The Labute approximate surface area is 176 Å². The van der Waals surface area contributed by atoms with E-state index in [2.05, 4.69) is 17.0 Å². The number of ether oxygens (including phenoxy) is 1. The average molecular weight is 420 g/mol. The molecule has 0 aliphatic carbocycles. The summed E-state index contributed by atoms with van der Waals surface area (Å²) in [6.07, 6.45) is 1.19. The first-order valence-corrected chi connectivity index (χ1v) is 9.82. The van der Waals surface area contributed by atoms with Crippen molar-refractivity contribution in [1.29, 1.82) is 0 Å². The lowest BCUT2D eigenvalue weighted by Crippen LogP contribution is -2.36. The molecule has 0 aliphatic rings. The van der Waals surface area contributed by atoms with Gasteiger partial charge in [-0.25, -0.2) is 4.98 Å². The minimum Gasteiger partial charge on any atom is -0.494 e. The fourth-order valence-corrected chi connectivity index (χ4v) is 3.88. The summed E-state index contributed by atoms with van der Waals surface area (Å²) < 4.78 is 6.44. The number of hydrogen-bond acceptors (Lipinski definition) is 5. The lowest BCUT2D eigenvalue weighted by atomic mass is 10.1. The predicted octanol–water partition coefficient (Wildman–Crippen LogP) is 4.25. The maximum absolute atomic E-state index is 13.0. The molecule has 0 spiro atoms. The fraction of sp³-hybridized carbons (Fsp3) is 0.333. The predicted molar refractivity (Wildman–Crippen MR) is 119 cm³/mol. The molecule has 0 fully saturated rings. The highest BCUT2D eigenvalue weighted by atomic mass is 35.5. The normalized spacial score (nSPS) is 10.7. The Kier molecular flexibility index (Phi) is 8.23. The number of likely N-dealkylation sites (N-methyl/N-ethyl adjacent to an activating group) is 1. The Balaban J connectivity index is 0.00000280. The van der Waals surface area contributed by atoms with E-state index >= 15 is 0 Å². The van der Waals surface area contributed by atoms with Gasteiger partial charge in [-0.1, -0.05) is 47.7 Å². The van der Waals surface area contributed by atoms with Crippen molar-refractivity contribution in [3.63, 3.8) is 0 Å². The van der Waals surface area contributed by atoms with Gasteiger partial charge < -0.3 is 9.64 Å². The van der Waals surface area contributed by atoms with E-state index in [0.29, 0.717) is 13.0 Å². The summed E-state index contributed by atoms with van der Waals surface area (Å²) in [5.41, 5.74) is 1.98. The van der Waals surface area contributed by atoms with Gasteiger partial charge in [-0.05, 0) is 38.2 Å². The summed E-state index contributed by atoms with van der Waals surface area (Å²) in [4.78, 5) is 21.6. The number of methoxy groups -OCH3 is 1. The van der Waals surface area contributed by atoms with Crippen molar-refractivity contribution in [3.8, 4) is 5.75 Å². The molecule has 5 nitrogen and oxygen atoms in total. The van der Waals surface area contributed by atoms with E-state index in [-0.39, 0.29) is 18.3 Å². The molecule has 3 rings (SSSR count). The average Bonchev–Trinajstić information content (AvgIpc) is 3.11. The van der Waals surface area contributed by atoms with Crippen molar-refractivity contribution >= 4 is 45.0 Å². The van der Waals surface area contributed by atoms with E-state index in [0.717, 1.165) is 34.1 Å². The number of hydrogen-bond donors (Lipinski definition) is 0. The molecule has 7 heteroatoms. The molecule has 150 valence electrons. The van der Waals surface area contributed by atoms with Crippen LogP contribution in [0.5, 0.6) is 5.75 Å². The minimum atomic E-state index is 0. The second-order valence-electron chi connectivity index (χ2n) is 6.64. The molecular formula is C21H26ClN3O2S. The van der Waals surface area contributed by atoms with Gasteiger partial charge in [-0.3, -0.25) is 9.69 Å². The van der Waals surface area contributed by atoms with Crippen LogP contribution in [0.3, 0.4) is 0 Å². The Morgan fingerprint density at radius 1 is 1.07 bits per heavy atom. The van der Waals surface area contributed by atoms with E-state index < -0.39 is 0 Å². The van der Waals surface area contributed by atoms with Gasteiger partial charge in [-0.15, -0.1) is 12.4 Å². The quantitative estimate of drug-likeness (QED) is 0.547. The first-order chi connectivity index (χ1) is 13.1. The number of para-hydroxylation sites is 1. The molecule has 0 bridgehead atoms. The number of fused-ring (bicyclic) bond motifs is 1. The van der Waals surface area contributed by atoms with Crippen LogP contribution < -0.4 is 9.64 Å². The molecule has 0 radical (unpaired) electrons. The molecule has 0 saturated carbocycles. The Bertz CT molecular complexity index is 899. The molecule has 0 aliphatic heterocycles. The fourth-order valence-electron chi connectivity index (χ4n) is 2.85. The van der Waals surface area contributed by atoms with E-state index in [4.69, 9.17) is 9.72 Å². The maximum Gasteiger partial charge on any atom is 0.229 e. The number of thiazole rings is 1. The number of carbonyl (C=O) groups excluding carboxylic acids is 1. The number of halogens is 1. The van der Waals surface area contributed by atoms with E-state index in [9.17, 15) is 4.79 Å². The molecule has 1 heterocycles. The van der Waals surface area contributed by atoms with Crippen molar-refractivity contribution in [2.45, 2.75) is 12.8 Å². The van der Waals surface area contributed by atoms with Crippen molar-refractivity contribution in [3.05, 3.63) is 54.1 Å². The Morgan fingerprint density at radius 3 is 2.50 bits per heavy atom. The van der Waals surface area contributed by atoms with E-state index in [1.54, 1.807) is 7.11 Å². The Hall–Kier alpha value is -2.15. The third-order valence-electron chi connectivity index (χ3n) is 4.36. The zero-order valence-electron chi connectivity index (χ0n) is 16.4.